The van der Waals surface area contributed by atoms with Crippen LogP contribution in [0.25, 0.3) is 0 Å². The van der Waals surface area contributed by atoms with Gasteiger partial charge in [-0.25, -0.2) is 8.42 Å². The van der Waals surface area contributed by atoms with Gasteiger partial charge in [0.25, 0.3) is 5.91 Å². The molecule has 1 aliphatic carbocycles. The summed E-state index contributed by atoms with van der Waals surface area (Å²) < 4.78 is 33.3. The molecule has 1 aliphatic heterocycles. The number of Topliss-reactive ketones (excluding diaryl/α,β-unsaturated/α-hetero) is 1. The van der Waals surface area contributed by atoms with E-state index in [1.54, 1.807) is 35.2 Å². The highest BCUT2D eigenvalue weighted by molar-refractivity contribution is 7.89. The van der Waals surface area contributed by atoms with Gasteiger partial charge >= 0.3 is 0 Å². The predicted octanol–water partition coefficient (Wildman–Crippen LogP) is 3.07. The van der Waals surface area contributed by atoms with Crippen molar-refractivity contribution in [2.45, 2.75) is 43.9 Å². The SMILES string of the molecule is CCC(=O)c1ccc(OCC(=O)N2CCN(S(=O)(=O)c3ccc4c(c3)CCCC4)CC2)cc1. The van der Waals surface area contributed by atoms with E-state index in [1.807, 2.05) is 19.1 Å². The summed E-state index contributed by atoms with van der Waals surface area (Å²) in [5, 5.41) is 0. The van der Waals surface area contributed by atoms with E-state index >= 15 is 0 Å². The zero-order chi connectivity index (χ0) is 23.4. The maximum absolute atomic E-state index is 13.1. The van der Waals surface area contributed by atoms with Crippen LogP contribution in [0, 0.1) is 0 Å². The molecule has 2 aromatic carbocycles. The molecule has 0 unspecified atom stereocenters. The molecule has 0 N–H and O–H groups in total. The number of amides is 1. The minimum atomic E-state index is -3.58. The molecule has 0 spiro atoms. The highest BCUT2D eigenvalue weighted by atomic mass is 32.2. The van der Waals surface area contributed by atoms with Crippen LogP contribution in [0.1, 0.15) is 47.7 Å². The van der Waals surface area contributed by atoms with E-state index in [0.717, 1.165) is 31.2 Å². The molecule has 0 aromatic heterocycles. The number of piperazine rings is 1. The summed E-state index contributed by atoms with van der Waals surface area (Å²) in [5.74, 6) is 0.389. The Morgan fingerprint density at radius 3 is 2.24 bits per heavy atom. The Labute approximate surface area is 195 Å². The molecule has 1 fully saturated rings. The summed E-state index contributed by atoms with van der Waals surface area (Å²) >= 11 is 0. The van der Waals surface area contributed by atoms with Gasteiger partial charge in [0.05, 0.1) is 4.90 Å². The summed E-state index contributed by atoms with van der Waals surface area (Å²) in [6, 6.07) is 12.2. The lowest BCUT2D eigenvalue weighted by molar-refractivity contribution is -0.134. The van der Waals surface area contributed by atoms with Gasteiger partial charge in [-0.3, -0.25) is 9.59 Å². The Bertz CT molecular complexity index is 1120. The van der Waals surface area contributed by atoms with Gasteiger partial charge < -0.3 is 9.64 Å². The van der Waals surface area contributed by atoms with Crippen molar-refractivity contribution in [3.05, 3.63) is 59.2 Å². The fourth-order valence-corrected chi connectivity index (χ4v) is 5.85. The third kappa shape index (κ3) is 5.28. The average Bonchev–Trinajstić information content (AvgIpc) is 2.86. The maximum Gasteiger partial charge on any atom is 0.260 e. The van der Waals surface area contributed by atoms with Crippen molar-refractivity contribution in [2.75, 3.05) is 32.8 Å². The molecule has 1 heterocycles. The molecule has 176 valence electrons. The monoisotopic (exact) mass is 470 g/mol. The summed E-state index contributed by atoms with van der Waals surface area (Å²) in [7, 11) is -3.58. The number of carbonyl (C=O) groups is 2. The fourth-order valence-electron chi connectivity index (χ4n) is 4.37. The third-order valence-corrected chi connectivity index (χ3v) is 8.30. The van der Waals surface area contributed by atoms with Crippen molar-refractivity contribution in [2.24, 2.45) is 0 Å². The molecule has 4 rings (SSSR count). The van der Waals surface area contributed by atoms with Gasteiger partial charge in [-0.1, -0.05) is 13.0 Å². The second-order valence-electron chi connectivity index (χ2n) is 8.51. The number of hydrogen-bond donors (Lipinski definition) is 0. The molecular formula is C25H30N2O5S. The Balaban J connectivity index is 1.31. The van der Waals surface area contributed by atoms with Crippen LogP contribution in [0.5, 0.6) is 5.75 Å². The van der Waals surface area contributed by atoms with E-state index in [2.05, 4.69) is 0 Å². The standard InChI is InChI=1S/C25H30N2O5S/c1-2-24(28)20-7-10-22(11-8-20)32-18-25(29)26-13-15-27(16-14-26)33(30,31)23-12-9-19-5-3-4-6-21(19)17-23/h7-12,17H,2-6,13-16,18H2,1H3. The van der Waals surface area contributed by atoms with Gasteiger partial charge in [0.2, 0.25) is 10.0 Å². The van der Waals surface area contributed by atoms with E-state index in [-0.39, 0.29) is 31.4 Å². The minimum absolute atomic E-state index is 0.0563. The van der Waals surface area contributed by atoms with Gasteiger partial charge in [0.1, 0.15) is 5.75 Å². The highest BCUT2D eigenvalue weighted by Gasteiger charge is 2.30. The smallest absolute Gasteiger partial charge is 0.260 e. The molecule has 0 saturated carbocycles. The Hall–Kier alpha value is -2.71. The van der Waals surface area contributed by atoms with Crippen molar-refractivity contribution < 1.29 is 22.7 Å². The van der Waals surface area contributed by atoms with Gasteiger partial charge in [0, 0.05) is 38.2 Å². The lowest BCUT2D eigenvalue weighted by Gasteiger charge is -2.34. The number of benzene rings is 2. The normalized spacial score (nSPS) is 16.8. The first-order valence-corrected chi connectivity index (χ1v) is 13.0. The Morgan fingerprint density at radius 1 is 0.909 bits per heavy atom. The van der Waals surface area contributed by atoms with Crippen LogP contribution in [-0.4, -0.2) is 62.1 Å². The van der Waals surface area contributed by atoms with Crippen molar-refractivity contribution in [1.29, 1.82) is 0 Å². The summed E-state index contributed by atoms with van der Waals surface area (Å²) in [4.78, 5) is 26.2. The van der Waals surface area contributed by atoms with Crippen LogP contribution in [0.2, 0.25) is 0 Å². The van der Waals surface area contributed by atoms with Crippen molar-refractivity contribution in [3.8, 4) is 5.75 Å². The molecule has 1 saturated heterocycles. The van der Waals surface area contributed by atoms with E-state index in [0.29, 0.717) is 35.7 Å². The van der Waals surface area contributed by atoms with E-state index in [9.17, 15) is 18.0 Å². The van der Waals surface area contributed by atoms with Crippen LogP contribution in [0.4, 0.5) is 0 Å². The fraction of sp³-hybridized carbons (Fsp3) is 0.440. The molecule has 33 heavy (non-hydrogen) atoms. The first kappa shape index (κ1) is 23.4. The number of ketones is 1. The molecule has 0 radical (unpaired) electrons. The summed E-state index contributed by atoms with van der Waals surface area (Å²) in [6.45, 7) is 2.87. The van der Waals surface area contributed by atoms with Crippen LogP contribution >= 0.6 is 0 Å². The topological polar surface area (TPSA) is 84.0 Å². The lowest BCUT2D eigenvalue weighted by Crippen LogP contribution is -2.51. The number of sulfonamides is 1. The summed E-state index contributed by atoms with van der Waals surface area (Å²) in [6.07, 6.45) is 4.63. The number of nitrogens with zero attached hydrogens (tertiary/aromatic N) is 2. The number of carbonyl (C=O) groups excluding carboxylic acids is 2. The van der Waals surface area contributed by atoms with Gasteiger partial charge in [-0.2, -0.15) is 4.31 Å². The number of aryl methyl sites for hydroxylation is 2. The first-order chi connectivity index (χ1) is 15.9. The van der Waals surface area contributed by atoms with Crippen LogP contribution in [0.15, 0.2) is 47.4 Å². The number of rotatable bonds is 7. The average molecular weight is 471 g/mol. The molecular weight excluding hydrogens is 440 g/mol. The molecule has 2 aliphatic rings. The number of ether oxygens (including phenoxy) is 1. The largest absolute Gasteiger partial charge is 0.484 e. The predicted molar refractivity (Wildman–Crippen MR) is 125 cm³/mol. The third-order valence-electron chi connectivity index (χ3n) is 6.41. The zero-order valence-corrected chi connectivity index (χ0v) is 19.8. The molecule has 8 heteroatoms. The van der Waals surface area contributed by atoms with Crippen LogP contribution in [-0.2, 0) is 27.7 Å². The Morgan fingerprint density at radius 2 is 1.58 bits per heavy atom. The summed E-state index contributed by atoms with van der Waals surface area (Å²) in [5.41, 5.74) is 3.01. The highest BCUT2D eigenvalue weighted by Crippen LogP contribution is 2.26. The molecule has 0 bridgehead atoms. The molecule has 7 nitrogen and oxygen atoms in total. The van der Waals surface area contributed by atoms with Crippen LogP contribution in [0.3, 0.4) is 0 Å². The maximum atomic E-state index is 13.1. The lowest BCUT2D eigenvalue weighted by atomic mass is 9.92. The van der Waals surface area contributed by atoms with Crippen molar-refractivity contribution in [1.82, 2.24) is 9.21 Å². The number of fused-ring (bicyclic) bond motifs is 1. The van der Waals surface area contributed by atoms with Crippen molar-refractivity contribution in [3.63, 3.8) is 0 Å². The quantitative estimate of drug-likeness (QED) is 0.581. The minimum Gasteiger partial charge on any atom is -0.484 e. The first-order valence-electron chi connectivity index (χ1n) is 11.5. The van der Waals surface area contributed by atoms with E-state index < -0.39 is 10.0 Å². The Kier molecular flexibility index (Phi) is 7.14. The molecule has 2 aromatic rings. The van der Waals surface area contributed by atoms with Gasteiger partial charge in [-0.05, 0) is 73.2 Å². The van der Waals surface area contributed by atoms with E-state index in [4.69, 9.17) is 4.74 Å². The molecule has 0 atom stereocenters. The van der Waals surface area contributed by atoms with Gasteiger partial charge in [-0.15, -0.1) is 0 Å². The molecule has 1 amide bonds. The zero-order valence-electron chi connectivity index (χ0n) is 19.0. The number of hydrogen-bond acceptors (Lipinski definition) is 5. The van der Waals surface area contributed by atoms with Crippen LogP contribution < -0.4 is 4.74 Å². The van der Waals surface area contributed by atoms with Gasteiger partial charge in [0.15, 0.2) is 12.4 Å². The van der Waals surface area contributed by atoms with E-state index in [1.165, 1.54) is 9.87 Å². The van der Waals surface area contributed by atoms with Crippen molar-refractivity contribution >= 4 is 21.7 Å². The second kappa shape index (κ2) is 10.1. The second-order valence-corrected chi connectivity index (χ2v) is 10.5.